The molecular weight excluding hydrogens is 270 g/mol. The van der Waals surface area contributed by atoms with Crippen molar-refractivity contribution in [3.8, 4) is 0 Å². The fourth-order valence-corrected chi connectivity index (χ4v) is 4.66. The lowest BCUT2D eigenvalue weighted by Gasteiger charge is -2.21. The highest BCUT2D eigenvalue weighted by Crippen LogP contribution is 2.29. The van der Waals surface area contributed by atoms with E-state index in [9.17, 15) is 8.42 Å². The number of nitrogens with zero attached hydrogens (tertiary/aromatic N) is 1. The van der Waals surface area contributed by atoms with Crippen molar-refractivity contribution in [3.05, 3.63) is 35.9 Å². The Morgan fingerprint density at radius 3 is 2.72 bits per heavy atom. The van der Waals surface area contributed by atoms with E-state index in [-0.39, 0.29) is 23.7 Å². The van der Waals surface area contributed by atoms with Gasteiger partial charge in [0.1, 0.15) is 6.10 Å². The molecule has 4 nitrogen and oxygen atoms in total. The number of hydrogen-bond donors (Lipinski definition) is 0. The number of rotatable bonds is 2. The minimum Gasteiger partial charge on any atom is -0.464 e. The molecule has 2 aliphatic heterocycles. The standard InChI is InChI=1S/C12H13NO3S2/c14-18(15)7-10-11(8-18)16-12(17)13(10)6-9-4-2-1-3-5-9/h1-5,10-11H,6-8H2. The van der Waals surface area contributed by atoms with Crippen LogP contribution in [0.4, 0.5) is 0 Å². The molecule has 6 heteroatoms. The zero-order chi connectivity index (χ0) is 12.8. The second-order valence-electron chi connectivity index (χ2n) is 4.68. The molecule has 2 fully saturated rings. The lowest BCUT2D eigenvalue weighted by Crippen LogP contribution is -2.36. The Balaban J connectivity index is 1.82. The molecule has 0 saturated carbocycles. The molecule has 2 heterocycles. The highest BCUT2D eigenvalue weighted by Gasteiger charge is 2.48. The van der Waals surface area contributed by atoms with Crippen molar-refractivity contribution in [3.63, 3.8) is 0 Å². The van der Waals surface area contributed by atoms with Gasteiger partial charge in [0.15, 0.2) is 9.84 Å². The summed E-state index contributed by atoms with van der Waals surface area (Å²) in [5, 5.41) is 0.420. The van der Waals surface area contributed by atoms with E-state index in [4.69, 9.17) is 17.0 Å². The van der Waals surface area contributed by atoms with Gasteiger partial charge in [-0.05, 0) is 17.8 Å². The SMILES string of the molecule is O=S1(=O)CC2OC(=S)N(Cc3ccccc3)C2C1. The van der Waals surface area contributed by atoms with Crippen LogP contribution in [-0.4, -0.2) is 42.1 Å². The monoisotopic (exact) mass is 283 g/mol. The lowest BCUT2D eigenvalue weighted by molar-refractivity contribution is 0.232. The zero-order valence-electron chi connectivity index (χ0n) is 9.65. The van der Waals surface area contributed by atoms with Crippen molar-refractivity contribution in [2.24, 2.45) is 0 Å². The molecule has 2 atom stereocenters. The molecule has 0 amide bonds. The molecule has 0 aliphatic carbocycles. The average molecular weight is 283 g/mol. The van der Waals surface area contributed by atoms with Crippen LogP contribution in [0.15, 0.2) is 30.3 Å². The molecule has 2 unspecified atom stereocenters. The van der Waals surface area contributed by atoms with E-state index in [1.54, 1.807) is 0 Å². The fourth-order valence-electron chi connectivity index (χ4n) is 2.49. The lowest BCUT2D eigenvalue weighted by atomic mass is 10.1. The van der Waals surface area contributed by atoms with Gasteiger partial charge in [-0.3, -0.25) is 0 Å². The van der Waals surface area contributed by atoms with Gasteiger partial charge in [-0.1, -0.05) is 30.3 Å². The second-order valence-corrected chi connectivity index (χ2v) is 7.18. The summed E-state index contributed by atoms with van der Waals surface area (Å²) in [7, 11) is -2.98. The largest absolute Gasteiger partial charge is 0.464 e. The number of hydrogen-bond acceptors (Lipinski definition) is 4. The quantitative estimate of drug-likeness (QED) is 0.757. The van der Waals surface area contributed by atoms with Gasteiger partial charge in [0.05, 0.1) is 17.5 Å². The Bertz CT molecular complexity index is 570. The van der Waals surface area contributed by atoms with E-state index in [0.717, 1.165) is 5.56 Å². The smallest absolute Gasteiger partial charge is 0.260 e. The maximum Gasteiger partial charge on any atom is 0.260 e. The molecular formula is C12H13NO3S2. The van der Waals surface area contributed by atoms with E-state index >= 15 is 0 Å². The Kier molecular flexibility index (Phi) is 2.79. The summed E-state index contributed by atoms with van der Waals surface area (Å²) in [6, 6.07) is 9.74. The third-order valence-electron chi connectivity index (χ3n) is 3.35. The van der Waals surface area contributed by atoms with Crippen LogP contribution in [0.5, 0.6) is 0 Å². The van der Waals surface area contributed by atoms with Crippen molar-refractivity contribution in [2.45, 2.75) is 18.7 Å². The van der Waals surface area contributed by atoms with Crippen LogP contribution < -0.4 is 0 Å². The summed E-state index contributed by atoms with van der Waals surface area (Å²) in [5.41, 5.74) is 1.10. The zero-order valence-corrected chi connectivity index (χ0v) is 11.3. The first-order chi connectivity index (χ1) is 8.55. The van der Waals surface area contributed by atoms with Gasteiger partial charge in [-0.15, -0.1) is 0 Å². The first kappa shape index (κ1) is 11.9. The van der Waals surface area contributed by atoms with Crippen molar-refractivity contribution in [2.75, 3.05) is 11.5 Å². The number of sulfone groups is 1. The van der Waals surface area contributed by atoms with Crippen LogP contribution in [0.3, 0.4) is 0 Å². The van der Waals surface area contributed by atoms with Crippen molar-refractivity contribution in [1.29, 1.82) is 0 Å². The Hall–Kier alpha value is -1.14. The Morgan fingerprint density at radius 2 is 2.00 bits per heavy atom. The van der Waals surface area contributed by atoms with E-state index in [0.29, 0.717) is 11.7 Å². The predicted octanol–water partition coefficient (Wildman–Crippen LogP) is 0.969. The van der Waals surface area contributed by atoms with Crippen LogP contribution in [0.25, 0.3) is 0 Å². The van der Waals surface area contributed by atoms with Gasteiger partial charge >= 0.3 is 0 Å². The number of fused-ring (bicyclic) bond motifs is 1. The van der Waals surface area contributed by atoms with E-state index in [1.807, 2.05) is 35.2 Å². The van der Waals surface area contributed by atoms with Crippen molar-refractivity contribution in [1.82, 2.24) is 4.90 Å². The van der Waals surface area contributed by atoms with Crippen LogP contribution in [0.2, 0.25) is 0 Å². The molecule has 3 rings (SSSR count). The second kappa shape index (κ2) is 4.20. The molecule has 0 spiro atoms. The number of ether oxygens (including phenoxy) is 1. The minimum atomic E-state index is -2.98. The van der Waals surface area contributed by atoms with E-state index < -0.39 is 9.84 Å². The van der Waals surface area contributed by atoms with Crippen LogP contribution in [0.1, 0.15) is 5.56 Å². The number of thiocarbonyl (C=S) groups is 1. The van der Waals surface area contributed by atoms with Gasteiger partial charge in [-0.2, -0.15) is 0 Å². The van der Waals surface area contributed by atoms with Gasteiger partial charge in [0, 0.05) is 6.54 Å². The molecule has 0 aromatic heterocycles. The summed E-state index contributed by atoms with van der Waals surface area (Å²) in [4.78, 5) is 1.89. The summed E-state index contributed by atoms with van der Waals surface area (Å²) >= 11 is 5.18. The highest BCUT2D eigenvalue weighted by molar-refractivity contribution is 7.91. The normalized spacial score (nSPS) is 29.1. The van der Waals surface area contributed by atoms with Crippen LogP contribution in [0, 0.1) is 0 Å². The molecule has 0 bridgehead atoms. The summed E-state index contributed by atoms with van der Waals surface area (Å²) in [5.74, 6) is 0.230. The molecule has 2 saturated heterocycles. The van der Waals surface area contributed by atoms with Gasteiger partial charge < -0.3 is 9.64 Å². The fraction of sp³-hybridized carbons (Fsp3) is 0.417. The Morgan fingerprint density at radius 1 is 1.28 bits per heavy atom. The summed E-state index contributed by atoms with van der Waals surface area (Å²) in [6.45, 7) is 0.607. The maximum absolute atomic E-state index is 11.6. The molecule has 0 radical (unpaired) electrons. The van der Waals surface area contributed by atoms with Crippen LogP contribution in [-0.2, 0) is 21.1 Å². The highest BCUT2D eigenvalue weighted by atomic mass is 32.2. The minimum absolute atomic E-state index is 0.0864. The average Bonchev–Trinajstić information content (AvgIpc) is 2.74. The van der Waals surface area contributed by atoms with Gasteiger partial charge in [0.2, 0.25) is 0 Å². The summed E-state index contributed by atoms with van der Waals surface area (Å²) < 4.78 is 28.7. The topological polar surface area (TPSA) is 46.6 Å². The van der Waals surface area contributed by atoms with Crippen molar-refractivity contribution >= 4 is 27.2 Å². The maximum atomic E-state index is 11.6. The molecule has 1 aromatic rings. The van der Waals surface area contributed by atoms with Crippen molar-refractivity contribution < 1.29 is 13.2 Å². The predicted molar refractivity (Wildman–Crippen MR) is 71.9 cm³/mol. The molecule has 18 heavy (non-hydrogen) atoms. The van der Waals surface area contributed by atoms with Gasteiger partial charge in [-0.25, -0.2) is 8.42 Å². The Labute approximate surface area is 111 Å². The van der Waals surface area contributed by atoms with Crippen LogP contribution >= 0.6 is 12.2 Å². The molecule has 96 valence electrons. The van der Waals surface area contributed by atoms with E-state index in [2.05, 4.69) is 0 Å². The molecule has 1 aromatic carbocycles. The summed E-state index contributed by atoms with van der Waals surface area (Å²) in [6.07, 6.45) is -0.286. The van der Waals surface area contributed by atoms with Gasteiger partial charge in [0.25, 0.3) is 5.17 Å². The first-order valence-electron chi connectivity index (χ1n) is 5.77. The van der Waals surface area contributed by atoms with E-state index in [1.165, 1.54) is 0 Å². The third kappa shape index (κ3) is 2.10. The number of benzene rings is 1. The first-order valence-corrected chi connectivity index (χ1v) is 8.00. The third-order valence-corrected chi connectivity index (χ3v) is 5.37. The molecule has 2 aliphatic rings. The molecule has 0 N–H and O–H groups in total.